The molecule has 25 heavy (non-hydrogen) atoms. The Morgan fingerprint density at radius 3 is 1.52 bits per heavy atom. The fraction of sp³-hybridized carbons (Fsp3) is 0.800. The number of carbonyl (C=O) groups is 1. The van der Waals surface area contributed by atoms with Crippen LogP contribution in [-0.2, 0) is 12.3 Å². The summed E-state index contributed by atoms with van der Waals surface area (Å²) in [5.41, 5.74) is 0. The van der Waals surface area contributed by atoms with Crippen LogP contribution in [0.25, 0.3) is 0 Å². The van der Waals surface area contributed by atoms with E-state index in [1.807, 2.05) is 0 Å². The molecule has 0 heterocycles. The molecule has 1 amide bonds. The molecular formula is C15H37NO5Si4. The van der Waals surface area contributed by atoms with Gasteiger partial charge in [-0.25, -0.2) is 4.79 Å². The van der Waals surface area contributed by atoms with Gasteiger partial charge in [0.2, 0.25) is 0 Å². The highest BCUT2D eigenvalue weighted by Gasteiger charge is 2.49. The average molecular weight is 424 g/mol. The molecule has 0 atom stereocenters. The van der Waals surface area contributed by atoms with Gasteiger partial charge in [-0.2, -0.15) is 0 Å². The van der Waals surface area contributed by atoms with Gasteiger partial charge in [0.25, 0.3) is 0 Å². The molecule has 148 valence electrons. The highest BCUT2D eigenvalue weighted by molar-refractivity contribution is 6.90. The molecule has 0 fully saturated rings. The number of nitrogens with zero attached hydrogens (tertiary/aromatic N) is 1. The Morgan fingerprint density at radius 1 is 0.920 bits per heavy atom. The smallest absolute Gasteiger partial charge is 0.465 e. The molecule has 1 N–H and O–H groups in total. The van der Waals surface area contributed by atoms with Crippen molar-refractivity contribution in [2.75, 3.05) is 6.54 Å². The van der Waals surface area contributed by atoms with Gasteiger partial charge >= 0.3 is 14.9 Å². The highest BCUT2D eigenvalue weighted by atomic mass is 28.5. The standard InChI is InChI=1S/C15H37NO5Si4/c1-11-16(15(17)18)13-12-14-25(19-22(2,3)4,20-23(5,6)7)21-24(8,9)10/h11H,1,12-14H2,2-10H3,(H,17,18). The van der Waals surface area contributed by atoms with Crippen molar-refractivity contribution in [2.45, 2.75) is 71.4 Å². The minimum absolute atomic E-state index is 0.368. The number of rotatable bonds is 11. The molecule has 0 aliphatic carbocycles. The van der Waals surface area contributed by atoms with Gasteiger partial charge in [0.05, 0.1) is 0 Å². The quantitative estimate of drug-likeness (QED) is 0.474. The van der Waals surface area contributed by atoms with Crippen LogP contribution in [0.15, 0.2) is 12.8 Å². The van der Waals surface area contributed by atoms with Crippen molar-refractivity contribution in [1.29, 1.82) is 0 Å². The second-order valence-electron chi connectivity index (χ2n) is 9.09. The zero-order chi connectivity index (χ0) is 20.1. The molecular weight excluding hydrogens is 387 g/mol. The molecule has 0 spiro atoms. The maximum atomic E-state index is 11.2. The summed E-state index contributed by atoms with van der Waals surface area (Å²) >= 11 is 0. The van der Waals surface area contributed by atoms with Crippen LogP contribution in [0.3, 0.4) is 0 Å². The summed E-state index contributed by atoms with van der Waals surface area (Å²) in [7, 11) is -8.57. The van der Waals surface area contributed by atoms with Crippen molar-refractivity contribution in [3.8, 4) is 0 Å². The van der Waals surface area contributed by atoms with E-state index in [9.17, 15) is 4.79 Å². The molecule has 0 aromatic rings. The van der Waals surface area contributed by atoms with Gasteiger partial charge in [-0.1, -0.05) is 6.58 Å². The van der Waals surface area contributed by atoms with Gasteiger partial charge in [-0.3, -0.25) is 4.90 Å². The lowest BCUT2D eigenvalue weighted by molar-refractivity contribution is 0.162. The van der Waals surface area contributed by atoms with E-state index in [2.05, 4.69) is 65.5 Å². The number of hydrogen-bond donors (Lipinski definition) is 1. The molecule has 6 nitrogen and oxygen atoms in total. The molecule has 0 aromatic heterocycles. The second kappa shape index (κ2) is 9.11. The van der Waals surface area contributed by atoms with Crippen molar-refractivity contribution in [3.63, 3.8) is 0 Å². The summed E-state index contributed by atoms with van der Waals surface area (Å²) in [5, 5.41) is 9.15. The van der Waals surface area contributed by atoms with Crippen LogP contribution in [-0.4, -0.2) is 56.4 Å². The lowest BCUT2D eigenvalue weighted by Gasteiger charge is -2.43. The first-order chi connectivity index (χ1) is 11.0. The zero-order valence-electron chi connectivity index (χ0n) is 17.4. The van der Waals surface area contributed by atoms with E-state index in [0.29, 0.717) is 19.0 Å². The minimum atomic E-state index is -2.88. The van der Waals surface area contributed by atoms with Crippen molar-refractivity contribution in [1.82, 2.24) is 4.90 Å². The monoisotopic (exact) mass is 423 g/mol. The van der Waals surface area contributed by atoms with Gasteiger partial charge in [0, 0.05) is 18.8 Å². The Kier molecular flexibility index (Phi) is 9.02. The molecule has 0 bridgehead atoms. The Morgan fingerprint density at radius 2 is 1.28 bits per heavy atom. The summed E-state index contributed by atoms with van der Waals surface area (Å²) in [6.45, 7) is 23.2. The van der Waals surface area contributed by atoms with Crippen LogP contribution in [0.2, 0.25) is 65.0 Å². The van der Waals surface area contributed by atoms with Crippen molar-refractivity contribution < 1.29 is 22.2 Å². The van der Waals surface area contributed by atoms with Gasteiger partial charge < -0.3 is 17.5 Å². The normalized spacial score (nSPS) is 13.6. The predicted molar refractivity (Wildman–Crippen MR) is 113 cm³/mol. The van der Waals surface area contributed by atoms with E-state index in [1.165, 1.54) is 11.1 Å². The maximum Gasteiger partial charge on any atom is 0.469 e. The van der Waals surface area contributed by atoms with Crippen molar-refractivity contribution in [3.05, 3.63) is 12.8 Å². The van der Waals surface area contributed by atoms with Crippen LogP contribution < -0.4 is 0 Å². The van der Waals surface area contributed by atoms with Gasteiger partial charge in [0.1, 0.15) is 0 Å². The molecule has 10 heteroatoms. The summed E-state index contributed by atoms with van der Waals surface area (Å²) in [5.74, 6) is 0. The number of amides is 1. The third-order valence-electron chi connectivity index (χ3n) is 2.73. The third-order valence-corrected chi connectivity index (χ3v) is 14.8. The predicted octanol–water partition coefficient (Wildman–Crippen LogP) is 4.99. The molecule has 0 radical (unpaired) electrons. The van der Waals surface area contributed by atoms with E-state index in [1.54, 1.807) is 0 Å². The average Bonchev–Trinajstić information content (AvgIpc) is 2.26. The fourth-order valence-electron chi connectivity index (χ4n) is 2.35. The van der Waals surface area contributed by atoms with Gasteiger partial charge in [-0.05, 0) is 65.3 Å². The number of carboxylic acid groups (broad SMARTS) is 1. The van der Waals surface area contributed by atoms with Crippen LogP contribution in [0.4, 0.5) is 4.79 Å². The molecule has 0 aliphatic rings. The Hall–Kier alpha value is -0.242. The first kappa shape index (κ1) is 24.8. The minimum Gasteiger partial charge on any atom is -0.465 e. The maximum absolute atomic E-state index is 11.2. The van der Waals surface area contributed by atoms with E-state index < -0.39 is 39.8 Å². The second-order valence-corrected chi connectivity index (χ2v) is 26.1. The Labute approximate surface area is 157 Å². The lowest BCUT2D eigenvalue weighted by atomic mass is 10.4. The van der Waals surface area contributed by atoms with Crippen LogP contribution in [0, 0.1) is 0 Å². The highest BCUT2D eigenvalue weighted by Crippen LogP contribution is 2.30. The zero-order valence-corrected chi connectivity index (χ0v) is 21.4. The molecule has 0 rings (SSSR count). The molecule has 0 aromatic carbocycles. The summed E-state index contributed by atoms with van der Waals surface area (Å²) in [4.78, 5) is 12.4. The van der Waals surface area contributed by atoms with Gasteiger partial charge in [-0.15, -0.1) is 0 Å². The van der Waals surface area contributed by atoms with Crippen LogP contribution >= 0.6 is 0 Å². The number of hydrogen-bond acceptors (Lipinski definition) is 4. The Balaban J connectivity index is 5.49. The molecule has 0 saturated heterocycles. The third kappa shape index (κ3) is 11.9. The molecule has 0 unspecified atom stereocenters. The summed E-state index contributed by atoms with van der Waals surface area (Å²) in [6.07, 6.45) is 0.971. The van der Waals surface area contributed by atoms with E-state index in [0.717, 1.165) is 0 Å². The first-order valence-electron chi connectivity index (χ1n) is 8.71. The van der Waals surface area contributed by atoms with Crippen LogP contribution in [0.5, 0.6) is 0 Å². The van der Waals surface area contributed by atoms with E-state index in [-0.39, 0.29) is 0 Å². The van der Waals surface area contributed by atoms with Crippen molar-refractivity contribution in [2.24, 2.45) is 0 Å². The molecule has 0 saturated carbocycles. The lowest BCUT2D eigenvalue weighted by Crippen LogP contribution is -2.60. The van der Waals surface area contributed by atoms with E-state index >= 15 is 0 Å². The van der Waals surface area contributed by atoms with E-state index in [4.69, 9.17) is 17.5 Å². The molecule has 0 aliphatic heterocycles. The summed E-state index contributed by atoms with van der Waals surface area (Å²) in [6, 6.07) is 0.628. The summed E-state index contributed by atoms with van der Waals surface area (Å²) < 4.78 is 19.7. The van der Waals surface area contributed by atoms with Gasteiger partial charge in [0.15, 0.2) is 25.0 Å². The fourth-order valence-corrected chi connectivity index (χ4v) is 17.0. The SMILES string of the molecule is C=CN(CCC[Si](O[Si](C)(C)C)(O[Si](C)(C)C)O[Si](C)(C)C)C(=O)O. The topological polar surface area (TPSA) is 68.2 Å². The first-order valence-corrected chi connectivity index (χ1v) is 20.9. The van der Waals surface area contributed by atoms with Crippen molar-refractivity contribution >= 4 is 39.8 Å². The Bertz CT molecular complexity index is 414. The van der Waals surface area contributed by atoms with Crippen LogP contribution in [0.1, 0.15) is 6.42 Å². The largest absolute Gasteiger partial charge is 0.469 e.